The third-order valence-electron chi connectivity index (χ3n) is 2.74. The van der Waals surface area contributed by atoms with Crippen molar-refractivity contribution in [1.29, 1.82) is 0 Å². The quantitative estimate of drug-likeness (QED) is 0.921. The zero-order valence-corrected chi connectivity index (χ0v) is 12.3. The summed E-state index contributed by atoms with van der Waals surface area (Å²) in [5.74, 6) is 0.657. The summed E-state index contributed by atoms with van der Waals surface area (Å²) in [5.41, 5.74) is 0.875. The van der Waals surface area contributed by atoms with Crippen molar-refractivity contribution in [3.63, 3.8) is 0 Å². The normalized spacial score (nSPS) is 12.6. The molecule has 1 atom stereocenters. The fourth-order valence-corrected chi connectivity index (χ4v) is 2.61. The number of aryl methyl sites for hydroxylation is 1. The monoisotopic (exact) mass is 299 g/mol. The molecule has 1 unspecified atom stereocenters. The fraction of sp³-hybridized carbons (Fsp3) is 0.417. The molecule has 0 aliphatic rings. The summed E-state index contributed by atoms with van der Waals surface area (Å²) < 4.78 is 0. The highest BCUT2D eigenvalue weighted by Gasteiger charge is 2.19. The molecule has 1 aromatic heterocycles. The molecule has 7 heteroatoms. The van der Waals surface area contributed by atoms with E-state index in [4.69, 9.17) is 23.2 Å². The molecule has 5 nitrogen and oxygen atoms in total. The summed E-state index contributed by atoms with van der Waals surface area (Å²) in [6.07, 6.45) is 0.588. The van der Waals surface area contributed by atoms with Crippen LogP contribution in [-0.4, -0.2) is 26.8 Å². The van der Waals surface area contributed by atoms with Crippen LogP contribution in [0.1, 0.15) is 24.4 Å². The van der Waals surface area contributed by atoms with Crippen molar-refractivity contribution in [2.75, 3.05) is 6.54 Å². The molecule has 0 saturated heterocycles. The Bertz CT molecular complexity index is 535. The van der Waals surface area contributed by atoms with Crippen LogP contribution in [0.5, 0.6) is 0 Å². The number of nitrogens with zero attached hydrogens (tertiary/aromatic N) is 4. The lowest BCUT2D eigenvalue weighted by Crippen LogP contribution is -2.24. The first-order chi connectivity index (χ1) is 9.11. The number of aromatic nitrogens is 4. The number of hydrogen-bond donors (Lipinski definition) is 1. The van der Waals surface area contributed by atoms with Gasteiger partial charge in [-0.25, -0.2) is 0 Å². The fourth-order valence-electron chi connectivity index (χ4n) is 1.95. The molecule has 1 N–H and O–H groups in total. The minimum atomic E-state index is -0.0320. The van der Waals surface area contributed by atoms with Crippen LogP contribution in [-0.2, 0) is 13.5 Å². The first-order valence-electron chi connectivity index (χ1n) is 6.02. The van der Waals surface area contributed by atoms with Gasteiger partial charge in [0, 0.05) is 28.1 Å². The summed E-state index contributed by atoms with van der Waals surface area (Å²) in [5, 5.41) is 16.6. The largest absolute Gasteiger partial charge is 0.310 e. The average molecular weight is 300 g/mol. The van der Waals surface area contributed by atoms with Crippen LogP contribution in [0.2, 0.25) is 10.0 Å². The number of tetrazole rings is 1. The van der Waals surface area contributed by atoms with Crippen molar-refractivity contribution in [1.82, 2.24) is 25.5 Å². The van der Waals surface area contributed by atoms with Crippen molar-refractivity contribution in [2.24, 2.45) is 7.05 Å². The number of benzene rings is 1. The Labute approximate surface area is 121 Å². The molecule has 0 bridgehead atoms. The van der Waals surface area contributed by atoms with E-state index in [9.17, 15) is 0 Å². The van der Waals surface area contributed by atoms with E-state index in [1.807, 2.05) is 25.1 Å². The van der Waals surface area contributed by atoms with Gasteiger partial charge in [-0.15, -0.1) is 10.2 Å². The highest BCUT2D eigenvalue weighted by atomic mass is 35.5. The summed E-state index contributed by atoms with van der Waals surface area (Å²) >= 11 is 12.5. The van der Waals surface area contributed by atoms with E-state index < -0.39 is 0 Å². The molecule has 1 aromatic carbocycles. The molecule has 0 radical (unpaired) electrons. The number of nitrogens with one attached hydrogen (secondary N) is 1. The maximum atomic E-state index is 6.25. The summed E-state index contributed by atoms with van der Waals surface area (Å²) in [4.78, 5) is 1.44. The molecule has 0 aliphatic heterocycles. The van der Waals surface area contributed by atoms with E-state index >= 15 is 0 Å². The molecule has 19 heavy (non-hydrogen) atoms. The lowest BCUT2D eigenvalue weighted by molar-refractivity contribution is 0.535. The van der Waals surface area contributed by atoms with Crippen LogP contribution in [0.25, 0.3) is 0 Å². The highest BCUT2D eigenvalue weighted by molar-refractivity contribution is 6.36. The maximum Gasteiger partial charge on any atom is 0.176 e. The smallest absolute Gasteiger partial charge is 0.176 e. The molecule has 102 valence electrons. The lowest BCUT2D eigenvalue weighted by atomic mass is 10.0. The second-order valence-electron chi connectivity index (χ2n) is 4.14. The van der Waals surface area contributed by atoms with E-state index in [1.165, 1.54) is 4.80 Å². The number of rotatable bonds is 5. The molecule has 0 saturated carbocycles. The highest BCUT2D eigenvalue weighted by Crippen LogP contribution is 2.31. The third-order valence-corrected chi connectivity index (χ3v) is 3.39. The molecular formula is C12H15Cl2N5. The molecule has 0 spiro atoms. The van der Waals surface area contributed by atoms with E-state index in [0.717, 1.165) is 12.1 Å². The Kier molecular flexibility index (Phi) is 4.74. The number of halogens is 2. The summed E-state index contributed by atoms with van der Waals surface area (Å²) in [6.45, 7) is 2.83. The predicted molar refractivity (Wildman–Crippen MR) is 75.4 cm³/mol. The zero-order chi connectivity index (χ0) is 13.8. The molecule has 1 heterocycles. The maximum absolute atomic E-state index is 6.25. The summed E-state index contributed by atoms with van der Waals surface area (Å²) in [6, 6.07) is 5.46. The van der Waals surface area contributed by atoms with Gasteiger partial charge in [0.2, 0.25) is 0 Å². The van der Waals surface area contributed by atoms with Crippen molar-refractivity contribution >= 4 is 23.2 Å². The van der Waals surface area contributed by atoms with Crippen molar-refractivity contribution in [3.05, 3.63) is 39.6 Å². The van der Waals surface area contributed by atoms with Gasteiger partial charge in [-0.1, -0.05) is 36.2 Å². The van der Waals surface area contributed by atoms with E-state index in [1.54, 1.807) is 7.05 Å². The van der Waals surface area contributed by atoms with Crippen molar-refractivity contribution < 1.29 is 0 Å². The molecule has 0 amide bonds. The second kappa shape index (κ2) is 6.32. The Morgan fingerprint density at radius 3 is 2.53 bits per heavy atom. The van der Waals surface area contributed by atoms with Crippen LogP contribution >= 0.6 is 23.2 Å². The second-order valence-corrected chi connectivity index (χ2v) is 4.96. The van der Waals surface area contributed by atoms with Gasteiger partial charge >= 0.3 is 0 Å². The van der Waals surface area contributed by atoms with Crippen LogP contribution in [0.4, 0.5) is 0 Å². The Morgan fingerprint density at radius 2 is 2.00 bits per heavy atom. The van der Waals surface area contributed by atoms with Crippen LogP contribution in [0.3, 0.4) is 0 Å². The Balaban J connectivity index is 2.29. The number of likely N-dealkylation sites (N-methyl/N-ethyl adjacent to an activating group) is 1. The van der Waals surface area contributed by atoms with Crippen LogP contribution in [0.15, 0.2) is 18.2 Å². The van der Waals surface area contributed by atoms with Gasteiger partial charge in [-0.3, -0.25) is 0 Å². The summed E-state index contributed by atoms with van der Waals surface area (Å²) in [7, 11) is 1.74. The molecule has 2 rings (SSSR count). The zero-order valence-electron chi connectivity index (χ0n) is 10.8. The Hall–Kier alpha value is -1.17. The van der Waals surface area contributed by atoms with Crippen molar-refractivity contribution in [2.45, 2.75) is 19.4 Å². The first kappa shape index (κ1) is 14.2. The standard InChI is InChI=1S/C12H15Cl2N5/c1-3-15-10(7-11-16-18-19(2)17-11)12-8(13)5-4-6-9(12)14/h4-6,10,15H,3,7H2,1-2H3. The lowest BCUT2D eigenvalue weighted by Gasteiger charge is -2.19. The van der Waals surface area contributed by atoms with E-state index in [2.05, 4.69) is 20.7 Å². The SMILES string of the molecule is CCNC(Cc1nnn(C)n1)c1c(Cl)cccc1Cl. The van der Waals surface area contributed by atoms with Gasteiger partial charge in [0.25, 0.3) is 0 Å². The van der Waals surface area contributed by atoms with Gasteiger partial charge < -0.3 is 5.32 Å². The predicted octanol–water partition coefficient (Wildman–Crippen LogP) is 2.41. The topological polar surface area (TPSA) is 55.6 Å². The molecule has 0 aliphatic carbocycles. The van der Waals surface area contributed by atoms with Gasteiger partial charge in [-0.2, -0.15) is 4.80 Å². The van der Waals surface area contributed by atoms with Gasteiger partial charge in [0.15, 0.2) is 5.82 Å². The average Bonchev–Trinajstić information content (AvgIpc) is 2.75. The van der Waals surface area contributed by atoms with Crippen LogP contribution in [0, 0.1) is 0 Å². The third kappa shape index (κ3) is 3.43. The molecular weight excluding hydrogens is 285 g/mol. The van der Waals surface area contributed by atoms with E-state index in [0.29, 0.717) is 22.3 Å². The first-order valence-corrected chi connectivity index (χ1v) is 6.77. The van der Waals surface area contributed by atoms with Gasteiger partial charge in [-0.05, 0) is 23.9 Å². The van der Waals surface area contributed by atoms with Gasteiger partial charge in [0.05, 0.1) is 7.05 Å². The van der Waals surface area contributed by atoms with Crippen LogP contribution < -0.4 is 5.32 Å². The minimum absolute atomic E-state index is 0.0320. The minimum Gasteiger partial charge on any atom is -0.310 e. The molecule has 2 aromatic rings. The van der Waals surface area contributed by atoms with Crippen molar-refractivity contribution in [3.8, 4) is 0 Å². The Morgan fingerprint density at radius 1 is 1.32 bits per heavy atom. The van der Waals surface area contributed by atoms with Gasteiger partial charge in [0.1, 0.15) is 0 Å². The number of hydrogen-bond acceptors (Lipinski definition) is 4. The van der Waals surface area contributed by atoms with E-state index in [-0.39, 0.29) is 6.04 Å². The molecule has 0 fully saturated rings.